The Morgan fingerprint density at radius 2 is 1.57 bits per heavy atom. The minimum absolute atomic E-state index is 0.0229. The number of hydrogen-bond donors (Lipinski definition) is 2. The van der Waals surface area contributed by atoms with Crippen LogP contribution in [0.25, 0.3) is 0 Å². The fourth-order valence-corrected chi connectivity index (χ4v) is 16.4. The molecule has 1 aliphatic heterocycles. The summed E-state index contributed by atoms with van der Waals surface area (Å²) in [5, 5.41) is 24.6. The van der Waals surface area contributed by atoms with Crippen LogP contribution in [0.1, 0.15) is 136 Å². The van der Waals surface area contributed by atoms with Crippen LogP contribution >= 0.6 is 0 Å². The Hall–Kier alpha value is -2.91. The number of Topliss-reactive ketones (excluding diaryl/α,β-unsaturated/α-hetero) is 1. The molecule has 13 atom stereocenters. The van der Waals surface area contributed by atoms with E-state index in [1.165, 1.54) is 6.07 Å². The number of fused-ring (bicyclic) bond motifs is 5. The zero-order valence-corrected chi connectivity index (χ0v) is 35.6. The summed E-state index contributed by atoms with van der Waals surface area (Å²) in [5.74, 6) is -1.63. The molecule has 2 N–H and O–H groups in total. The molecule has 12 rings (SSSR count). The highest BCUT2D eigenvalue weighted by molar-refractivity contribution is 6.10. The molecule has 1 unspecified atom stereocenters. The number of rotatable bonds is 7. The van der Waals surface area contributed by atoms with Gasteiger partial charge in [0.25, 0.3) is 5.91 Å². The molecule has 2 spiro atoms. The van der Waals surface area contributed by atoms with Gasteiger partial charge in [0, 0.05) is 39.3 Å². The van der Waals surface area contributed by atoms with Gasteiger partial charge in [-0.15, -0.1) is 0 Å². The Labute approximate surface area is 342 Å². The second-order valence-corrected chi connectivity index (χ2v) is 22.8. The largest absolute Gasteiger partial charge is 0.448 e. The smallest absolute Gasteiger partial charge is 0.313 e. The Bertz CT molecular complexity index is 2090. The van der Waals surface area contributed by atoms with Crippen molar-refractivity contribution in [2.24, 2.45) is 67.5 Å². The van der Waals surface area contributed by atoms with E-state index in [1.807, 2.05) is 25.7 Å². The molecule has 0 radical (unpaired) electrons. The van der Waals surface area contributed by atoms with E-state index in [0.29, 0.717) is 68.9 Å². The summed E-state index contributed by atoms with van der Waals surface area (Å²) in [7, 11) is 0. The number of benzene rings is 1. The number of ketones is 1. The molecule has 10 aliphatic carbocycles. The normalized spacial score (nSPS) is 48.3. The third kappa shape index (κ3) is 4.39. The number of nitrogens with zero attached hydrogens (tertiary/aromatic N) is 1. The molecule has 1 amide bonds. The van der Waals surface area contributed by atoms with Crippen LogP contribution < -0.4 is 0 Å². The summed E-state index contributed by atoms with van der Waals surface area (Å²) in [6, 6.07) is 3.38. The van der Waals surface area contributed by atoms with Crippen molar-refractivity contribution in [1.82, 2.24) is 4.90 Å². The first-order valence-electron chi connectivity index (χ1n) is 22.4. The number of ether oxygens (including phenoxy) is 1. The SMILES string of the molecule is CC1(C)[C@H]2CC[C@@H](CN(C[C@]3(O)CC[C@H]4[C@]56C=C[C@@]7(C=C5C(=O)c5ccc(F)c(F)c5)CC(O)CC[C@]7(C)[C@H]6CC[C@@]43C)C(=O)[C@@]34CC[C@@](C)(C(=O)O3)C4(C)C)[C@@H]1C2. The average Bonchev–Trinajstić information content (AvgIpc) is 3.62. The van der Waals surface area contributed by atoms with Crippen LogP contribution in [-0.2, 0) is 14.3 Å². The molecular weight excluding hydrogens is 737 g/mol. The Morgan fingerprint density at radius 1 is 0.862 bits per heavy atom. The zero-order chi connectivity index (χ0) is 41.4. The van der Waals surface area contributed by atoms with Crippen LogP contribution in [0.2, 0.25) is 0 Å². The molecule has 7 nitrogen and oxygen atoms in total. The van der Waals surface area contributed by atoms with E-state index in [-0.39, 0.29) is 58.4 Å². The van der Waals surface area contributed by atoms with Gasteiger partial charge in [0.1, 0.15) is 0 Å². The highest BCUT2D eigenvalue weighted by atomic mass is 19.2. The number of aliphatic hydroxyl groups is 2. The van der Waals surface area contributed by atoms with E-state index >= 15 is 4.79 Å². The molecule has 6 bridgehead atoms. The highest BCUT2D eigenvalue weighted by Gasteiger charge is 2.78. The van der Waals surface area contributed by atoms with Gasteiger partial charge in [-0.25, -0.2) is 8.78 Å². The monoisotopic (exact) mass is 799 g/mol. The van der Waals surface area contributed by atoms with Crippen LogP contribution in [0.15, 0.2) is 42.0 Å². The van der Waals surface area contributed by atoms with E-state index in [4.69, 9.17) is 4.74 Å². The summed E-state index contributed by atoms with van der Waals surface area (Å²) in [4.78, 5) is 45.9. The van der Waals surface area contributed by atoms with E-state index < -0.39 is 56.0 Å². The Kier molecular flexibility index (Phi) is 7.92. The van der Waals surface area contributed by atoms with Gasteiger partial charge in [-0.2, -0.15) is 0 Å². The first-order chi connectivity index (χ1) is 27.1. The molecule has 7 saturated carbocycles. The second kappa shape index (κ2) is 11.7. The lowest BCUT2D eigenvalue weighted by molar-refractivity contribution is -0.190. The van der Waals surface area contributed by atoms with E-state index in [0.717, 1.165) is 44.2 Å². The van der Waals surface area contributed by atoms with Gasteiger partial charge in [0.15, 0.2) is 23.0 Å². The van der Waals surface area contributed by atoms with Crippen molar-refractivity contribution in [2.45, 2.75) is 143 Å². The standard InChI is InChI=1S/C49H63F2NO6/c1-41(2)30-10-8-29(32(41)23-30)26-52(39(55)49-21-18-45(7,40(56)58-49)42(49,3)4)27-47(57)17-14-37-44(47,6)16-13-36-43(5)15-12-31(53)24-46(43)19-20-48(36,37)33(25-46)38(54)28-9-11-34(50)35(51)22-28/h9,11,19-20,22,25,29-32,36-37,53,57H,8,10,12-18,21,23-24,26-27H2,1-7H3/t29-,30-,31?,32-,36+,37+,43+,44-,45-,46-,47+,48+,49+/m0/s1. The van der Waals surface area contributed by atoms with Crippen molar-refractivity contribution < 1.29 is 38.1 Å². The van der Waals surface area contributed by atoms with Crippen molar-refractivity contribution in [1.29, 1.82) is 0 Å². The maximum atomic E-state index is 15.5. The summed E-state index contributed by atoms with van der Waals surface area (Å²) in [5.41, 5.74) is -5.61. The molecule has 8 fully saturated rings. The number of aliphatic hydroxyl groups excluding tert-OH is 1. The van der Waals surface area contributed by atoms with Crippen molar-refractivity contribution in [3.8, 4) is 0 Å². The van der Waals surface area contributed by atoms with Gasteiger partial charge in [-0.3, -0.25) is 14.4 Å². The average molecular weight is 800 g/mol. The summed E-state index contributed by atoms with van der Waals surface area (Å²) in [6.45, 7) is 15.8. The van der Waals surface area contributed by atoms with E-state index in [9.17, 15) is 28.6 Å². The number of esters is 1. The van der Waals surface area contributed by atoms with E-state index in [2.05, 4.69) is 45.9 Å². The highest BCUT2D eigenvalue weighted by Crippen LogP contribution is 2.79. The predicted molar refractivity (Wildman–Crippen MR) is 214 cm³/mol. The van der Waals surface area contributed by atoms with Gasteiger partial charge in [0.2, 0.25) is 0 Å². The maximum Gasteiger partial charge on any atom is 0.313 e. The maximum absolute atomic E-state index is 15.5. The minimum Gasteiger partial charge on any atom is -0.448 e. The summed E-state index contributed by atoms with van der Waals surface area (Å²) < 4.78 is 35.3. The lowest BCUT2D eigenvalue weighted by Gasteiger charge is -2.71. The fraction of sp³-hybridized carbons (Fsp3) is 0.735. The molecule has 0 aromatic heterocycles. The van der Waals surface area contributed by atoms with Crippen molar-refractivity contribution in [2.75, 3.05) is 13.1 Å². The number of amides is 1. The van der Waals surface area contributed by atoms with Crippen molar-refractivity contribution in [3.05, 3.63) is 59.2 Å². The molecule has 1 aromatic rings. The number of carbonyl (C=O) groups is 3. The van der Waals surface area contributed by atoms with E-state index in [1.54, 1.807) is 0 Å². The lowest BCUT2D eigenvalue weighted by Crippen LogP contribution is -2.68. The van der Waals surface area contributed by atoms with Gasteiger partial charge in [0.05, 0.1) is 23.7 Å². The first-order valence-corrected chi connectivity index (χ1v) is 22.4. The number of halogens is 2. The van der Waals surface area contributed by atoms with Crippen LogP contribution in [0, 0.1) is 79.1 Å². The number of hydrogen-bond acceptors (Lipinski definition) is 6. The molecule has 9 heteroatoms. The quantitative estimate of drug-likeness (QED) is 0.163. The Balaban J connectivity index is 1.06. The topological polar surface area (TPSA) is 104 Å². The van der Waals surface area contributed by atoms with Gasteiger partial charge >= 0.3 is 5.97 Å². The molecule has 314 valence electrons. The predicted octanol–water partition coefficient (Wildman–Crippen LogP) is 8.76. The van der Waals surface area contributed by atoms with Crippen LogP contribution in [0.4, 0.5) is 8.78 Å². The minimum atomic E-state index is -1.32. The molecule has 1 heterocycles. The third-order valence-electron chi connectivity index (χ3n) is 20.8. The lowest BCUT2D eigenvalue weighted by atomic mass is 9.32. The Morgan fingerprint density at radius 3 is 2.22 bits per heavy atom. The van der Waals surface area contributed by atoms with Gasteiger partial charge < -0.3 is 19.8 Å². The van der Waals surface area contributed by atoms with Crippen molar-refractivity contribution >= 4 is 17.7 Å². The summed E-state index contributed by atoms with van der Waals surface area (Å²) >= 11 is 0. The first kappa shape index (κ1) is 39.2. The molecule has 58 heavy (non-hydrogen) atoms. The van der Waals surface area contributed by atoms with Crippen LogP contribution in [0.3, 0.4) is 0 Å². The van der Waals surface area contributed by atoms with Gasteiger partial charge in [-0.05, 0) is 143 Å². The second-order valence-electron chi connectivity index (χ2n) is 22.8. The number of allylic oxidation sites excluding steroid dienone is 4. The molecule has 11 aliphatic rings. The molecule has 1 saturated heterocycles. The molecule has 1 aromatic carbocycles. The van der Waals surface area contributed by atoms with Gasteiger partial charge in [-0.1, -0.05) is 59.8 Å². The third-order valence-corrected chi connectivity index (χ3v) is 20.8. The zero-order valence-electron chi connectivity index (χ0n) is 35.6. The van der Waals surface area contributed by atoms with Crippen LogP contribution in [0.5, 0.6) is 0 Å². The van der Waals surface area contributed by atoms with Crippen LogP contribution in [-0.4, -0.2) is 63.2 Å². The fourth-order valence-electron chi connectivity index (χ4n) is 16.4. The summed E-state index contributed by atoms with van der Waals surface area (Å²) in [6.07, 6.45) is 14.8. The number of carbonyl (C=O) groups excluding carboxylic acids is 3. The molecular formula is C49H63F2NO6. The van der Waals surface area contributed by atoms with Crippen molar-refractivity contribution in [3.63, 3.8) is 0 Å².